The molecule has 0 heterocycles. The van der Waals surface area contributed by atoms with Crippen LogP contribution in [-0.4, -0.2) is 17.9 Å². The Labute approximate surface area is 185 Å². The van der Waals surface area contributed by atoms with Crippen molar-refractivity contribution in [1.82, 2.24) is 0 Å². The Kier molecular flexibility index (Phi) is 6.40. The highest BCUT2D eigenvalue weighted by Crippen LogP contribution is 2.34. The lowest BCUT2D eigenvalue weighted by atomic mass is 9.85. The van der Waals surface area contributed by atoms with Crippen molar-refractivity contribution in [3.05, 3.63) is 88.0 Å². The van der Waals surface area contributed by atoms with Gasteiger partial charge in [-0.2, -0.15) is 5.26 Å². The maximum Gasteiger partial charge on any atom is 0.269 e. The number of hydrogen-bond acceptors (Lipinski definition) is 6. The van der Waals surface area contributed by atoms with Gasteiger partial charge >= 0.3 is 0 Å². The fourth-order valence-corrected chi connectivity index (χ4v) is 2.91. The second-order valence-corrected chi connectivity index (χ2v) is 7.49. The Hall–Kier alpha value is -4.38. The van der Waals surface area contributed by atoms with Gasteiger partial charge in [0, 0.05) is 29.4 Å². The van der Waals surface area contributed by atoms with Crippen molar-refractivity contribution in [2.75, 3.05) is 12.4 Å². The number of nitriles is 1. The number of amides is 1. The average molecular weight is 431 g/mol. The first kappa shape index (κ1) is 22.3. The summed E-state index contributed by atoms with van der Waals surface area (Å²) >= 11 is 0. The lowest BCUT2D eigenvalue weighted by Crippen LogP contribution is -2.17. The number of carbonyl (C=O) groups is 1. The van der Waals surface area contributed by atoms with E-state index in [2.05, 4.69) is 11.4 Å². The molecule has 8 nitrogen and oxygen atoms in total. The van der Waals surface area contributed by atoms with E-state index in [1.807, 2.05) is 6.07 Å². The maximum absolute atomic E-state index is 12.8. The van der Waals surface area contributed by atoms with E-state index in [0.717, 1.165) is 5.56 Å². The molecule has 8 heteroatoms. The molecule has 0 saturated heterocycles. The molecule has 0 bridgehead atoms. The first-order valence-corrected chi connectivity index (χ1v) is 9.67. The van der Waals surface area contributed by atoms with Crippen LogP contribution < -0.4 is 14.8 Å². The predicted molar refractivity (Wildman–Crippen MR) is 119 cm³/mol. The molecule has 3 aromatic rings. The molecule has 0 atom stereocenters. The largest absolute Gasteiger partial charge is 0.493 e. The molecule has 3 aromatic carbocycles. The number of nitro groups is 1. The van der Waals surface area contributed by atoms with E-state index >= 15 is 0 Å². The van der Waals surface area contributed by atoms with E-state index < -0.39 is 10.3 Å². The molecule has 0 aliphatic rings. The molecule has 1 amide bonds. The standard InChI is InChI=1S/C24H21N3O5/c1-24(2,15-25)17-6-4-5-16(13-17)23(28)26-18-7-12-21(31-3)22(14-18)32-20-10-8-19(9-11-20)27(29)30/h4-14H,1-3H3,(H,26,28). The highest BCUT2D eigenvalue weighted by Gasteiger charge is 2.21. The fourth-order valence-electron chi connectivity index (χ4n) is 2.91. The van der Waals surface area contributed by atoms with E-state index in [0.29, 0.717) is 28.5 Å². The summed E-state index contributed by atoms with van der Waals surface area (Å²) in [5.41, 5.74) is 0.858. The molecule has 0 saturated carbocycles. The van der Waals surface area contributed by atoms with Crippen LogP contribution in [0.2, 0.25) is 0 Å². The van der Waals surface area contributed by atoms with Crippen molar-refractivity contribution in [2.45, 2.75) is 19.3 Å². The first-order chi connectivity index (χ1) is 15.2. The monoisotopic (exact) mass is 431 g/mol. The van der Waals surface area contributed by atoms with E-state index in [4.69, 9.17) is 9.47 Å². The number of nitrogens with one attached hydrogen (secondary N) is 1. The highest BCUT2D eigenvalue weighted by atomic mass is 16.6. The van der Waals surface area contributed by atoms with Crippen LogP contribution in [0.4, 0.5) is 11.4 Å². The van der Waals surface area contributed by atoms with Gasteiger partial charge in [-0.3, -0.25) is 14.9 Å². The van der Waals surface area contributed by atoms with Gasteiger partial charge in [0.2, 0.25) is 0 Å². The molecule has 0 spiro atoms. The molecule has 0 radical (unpaired) electrons. The van der Waals surface area contributed by atoms with Crippen LogP contribution >= 0.6 is 0 Å². The van der Waals surface area contributed by atoms with Crippen molar-refractivity contribution < 1.29 is 19.2 Å². The van der Waals surface area contributed by atoms with Crippen LogP contribution in [0.3, 0.4) is 0 Å². The lowest BCUT2D eigenvalue weighted by molar-refractivity contribution is -0.384. The third kappa shape index (κ3) is 5.02. The van der Waals surface area contributed by atoms with Crippen LogP contribution in [0.15, 0.2) is 66.7 Å². The van der Waals surface area contributed by atoms with Crippen LogP contribution in [0.5, 0.6) is 17.2 Å². The lowest BCUT2D eigenvalue weighted by Gasteiger charge is -2.17. The van der Waals surface area contributed by atoms with E-state index in [9.17, 15) is 20.2 Å². The molecule has 0 fully saturated rings. The van der Waals surface area contributed by atoms with Gasteiger partial charge in [-0.1, -0.05) is 12.1 Å². The van der Waals surface area contributed by atoms with Gasteiger partial charge in [-0.05, 0) is 55.8 Å². The zero-order chi connectivity index (χ0) is 23.3. The zero-order valence-corrected chi connectivity index (χ0v) is 17.8. The summed E-state index contributed by atoms with van der Waals surface area (Å²) in [5.74, 6) is 0.800. The Bertz CT molecular complexity index is 1200. The third-order valence-corrected chi connectivity index (χ3v) is 4.82. The van der Waals surface area contributed by atoms with Gasteiger partial charge in [-0.15, -0.1) is 0 Å². The third-order valence-electron chi connectivity index (χ3n) is 4.82. The highest BCUT2D eigenvalue weighted by molar-refractivity contribution is 6.04. The van der Waals surface area contributed by atoms with E-state index in [1.54, 1.807) is 50.2 Å². The van der Waals surface area contributed by atoms with E-state index in [-0.39, 0.29) is 11.6 Å². The van der Waals surface area contributed by atoms with Gasteiger partial charge in [0.25, 0.3) is 11.6 Å². The number of anilines is 1. The van der Waals surface area contributed by atoms with Crippen molar-refractivity contribution in [3.8, 4) is 23.3 Å². The van der Waals surface area contributed by atoms with Crippen molar-refractivity contribution in [3.63, 3.8) is 0 Å². The minimum atomic E-state index is -0.720. The number of non-ortho nitro benzene ring substituents is 1. The number of carbonyl (C=O) groups excluding carboxylic acids is 1. The summed E-state index contributed by atoms with van der Waals surface area (Å²) in [6.07, 6.45) is 0. The molecule has 1 N–H and O–H groups in total. The summed E-state index contributed by atoms with van der Waals surface area (Å²) in [5, 5.41) is 23.0. The van der Waals surface area contributed by atoms with Gasteiger partial charge in [0.05, 0.1) is 23.5 Å². The fraction of sp³-hybridized carbons (Fsp3) is 0.167. The second kappa shape index (κ2) is 9.18. The summed E-state index contributed by atoms with van der Waals surface area (Å²) in [6.45, 7) is 3.57. The predicted octanol–water partition coefficient (Wildman–Crippen LogP) is 5.45. The van der Waals surface area contributed by atoms with Crippen LogP contribution in [0, 0.1) is 21.4 Å². The Morgan fingerprint density at radius 1 is 1.06 bits per heavy atom. The number of ether oxygens (including phenoxy) is 2. The molecular weight excluding hydrogens is 410 g/mol. The zero-order valence-electron chi connectivity index (χ0n) is 17.8. The number of nitro benzene ring substituents is 1. The number of hydrogen-bond donors (Lipinski definition) is 1. The van der Waals surface area contributed by atoms with Crippen molar-refractivity contribution >= 4 is 17.3 Å². The molecule has 0 unspecified atom stereocenters. The smallest absolute Gasteiger partial charge is 0.269 e. The molecule has 0 aromatic heterocycles. The molecule has 32 heavy (non-hydrogen) atoms. The first-order valence-electron chi connectivity index (χ1n) is 9.67. The molecular formula is C24H21N3O5. The van der Waals surface area contributed by atoms with Crippen molar-refractivity contribution in [2.24, 2.45) is 0 Å². The summed E-state index contributed by atoms with van der Waals surface area (Å²) in [6, 6.07) is 19.7. The van der Waals surface area contributed by atoms with Gasteiger partial charge in [0.15, 0.2) is 11.5 Å². The molecule has 0 aliphatic heterocycles. The number of methoxy groups -OCH3 is 1. The Morgan fingerprint density at radius 2 is 1.78 bits per heavy atom. The Morgan fingerprint density at radius 3 is 2.41 bits per heavy atom. The van der Waals surface area contributed by atoms with Crippen molar-refractivity contribution in [1.29, 1.82) is 5.26 Å². The van der Waals surface area contributed by atoms with E-state index in [1.165, 1.54) is 31.4 Å². The van der Waals surface area contributed by atoms with Crippen LogP contribution in [0.25, 0.3) is 0 Å². The Balaban J connectivity index is 1.82. The normalized spacial score (nSPS) is 10.7. The average Bonchev–Trinajstić information content (AvgIpc) is 2.79. The molecule has 162 valence electrons. The maximum atomic E-state index is 12.8. The summed E-state index contributed by atoms with van der Waals surface area (Å²) in [7, 11) is 1.48. The molecule has 0 aliphatic carbocycles. The van der Waals surface area contributed by atoms with Gasteiger partial charge in [-0.25, -0.2) is 0 Å². The summed E-state index contributed by atoms with van der Waals surface area (Å²) in [4.78, 5) is 23.1. The number of rotatable bonds is 7. The minimum Gasteiger partial charge on any atom is -0.493 e. The number of nitrogens with zero attached hydrogens (tertiary/aromatic N) is 2. The minimum absolute atomic E-state index is 0.0489. The van der Waals surface area contributed by atoms with Gasteiger partial charge < -0.3 is 14.8 Å². The van der Waals surface area contributed by atoms with Gasteiger partial charge in [0.1, 0.15) is 5.75 Å². The summed E-state index contributed by atoms with van der Waals surface area (Å²) < 4.78 is 11.1. The quantitative estimate of drug-likeness (QED) is 0.393. The van der Waals surface area contributed by atoms with Crippen LogP contribution in [-0.2, 0) is 5.41 Å². The van der Waals surface area contributed by atoms with Crippen LogP contribution in [0.1, 0.15) is 29.8 Å². The second-order valence-electron chi connectivity index (χ2n) is 7.49. The SMILES string of the molecule is COc1ccc(NC(=O)c2cccc(C(C)(C)C#N)c2)cc1Oc1ccc([N+](=O)[O-])cc1. The molecule has 3 rings (SSSR count). The topological polar surface area (TPSA) is 114 Å². The number of benzene rings is 3.